The number of hydrogen-bond acceptors (Lipinski definition) is 3. The van der Waals surface area contributed by atoms with Crippen LogP contribution in [-0.4, -0.2) is 16.0 Å². The number of benzene rings is 2. The molecule has 0 radical (unpaired) electrons. The summed E-state index contributed by atoms with van der Waals surface area (Å²) in [4.78, 5) is 16.5. The molecular weight excluding hydrogens is 300 g/mol. The Kier molecular flexibility index (Phi) is 4.47. The summed E-state index contributed by atoms with van der Waals surface area (Å²) in [5.74, 6) is -0.104. The van der Waals surface area contributed by atoms with Crippen molar-refractivity contribution < 1.29 is 9.90 Å². The molecule has 0 saturated carbocycles. The Hall–Kier alpha value is -2.88. The van der Waals surface area contributed by atoms with Gasteiger partial charge in [0.15, 0.2) is 0 Å². The number of amides is 1. The van der Waals surface area contributed by atoms with E-state index in [1.165, 1.54) is 0 Å². The van der Waals surface area contributed by atoms with Crippen molar-refractivity contribution in [3.05, 3.63) is 71.9 Å². The number of pyridine rings is 1. The Morgan fingerprint density at radius 3 is 2.50 bits per heavy atom. The van der Waals surface area contributed by atoms with Gasteiger partial charge < -0.3 is 10.4 Å². The van der Waals surface area contributed by atoms with Crippen LogP contribution in [0.4, 0.5) is 0 Å². The van der Waals surface area contributed by atoms with E-state index in [0.717, 1.165) is 10.9 Å². The first-order valence-corrected chi connectivity index (χ1v) is 8.00. The van der Waals surface area contributed by atoms with Gasteiger partial charge in [0.05, 0.1) is 6.04 Å². The van der Waals surface area contributed by atoms with E-state index < -0.39 is 6.04 Å². The van der Waals surface area contributed by atoms with Crippen LogP contribution in [0.5, 0.6) is 5.75 Å². The maximum Gasteiger partial charge on any atom is 0.223 e. The molecule has 0 spiro atoms. The van der Waals surface area contributed by atoms with Crippen molar-refractivity contribution in [1.29, 1.82) is 0 Å². The molecule has 3 rings (SSSR count). The second-order valence-electron chi connectivity index (χ2n) is 6.09. The summed E-state index contributed by atoms with van der Waals surface area (Å²) in [6.07, 6.45) is 1.65. The molecule has 4 nitrogen and oxygen atoms in total. The van der Waals surface area contributed by atoms with E-state index in [-0.39, 0.29) is 17.6 Å². The molecule has 3 aromatic rings. The van der Waals surface area contributed by atoms with Crippen molar-refractivity contribution in [1.82, 2.24) is 10.3 Å². The largest absolute Gasteiger partial charge is 0.505 e. The van der Waals surface area contributed by atoms with Crippen LogP contribution in [0.2, 0.25) is 0 Å². The number of fused-ring (bicyclic) bond motifs is 1. The quantitative estimate of drug-likeness (QED) is 0.768. The van der Waals surface area contributed by atoms with Crippen molar-refractivity contribution in [2.24, 2.45) is 5.92 Å². The minimum atomic E-state index is -0.424. The van der Waals surface area contributed by atoms with Crippen LogP contribution in [-0.2, 0) is 4.79 Å². The summed E-state index contributed by atoms with van der Waals surface area (Å²) in [5.41, 5.74) is 2.09. The Morgan fingerprint density at radius 2 is 1.79 bits per heavy atom. The third-order valence-corrected chi connectivity index (χ3v) is 4.03. The highest BCUT2D eigenvalue weighted by molar-refractivity contribution is 5.86. The number of phenolic OH excluding ortho intramolecular Hbond substituents is 1. The van der Waals surface area contributed by atoms with Crippen LogP contribution >= 0.6 is 0 Å². The second-order valence-corrected chi connectivity index (χ2v) is 6.09. The fourth-order valence-electron chi connectivity index (χ4n) is 2.67. The average Bonchev–Trinajstić information content (AvgIpc) is 2.61. The van der Waals surface area contributed by atoms with E-state index in [2.05, 4.69) is 10.3 Å². The number of nitrogens with one attached hydrogen (secondary N) is 1. The second kappa shape index (κ2) is 6.71. The van der Waals surface area contributed by atoms with Crippen molar-refractivity contribution in [2.75, 3.05) is 0 Å². The van der Waals surface area contributed by atoms with Gasteiger partial charge in [-0.05, 0) is 11.6 Å². The normalized spacial score (nSPS) is 12.3. The van der Waals surface area contributed by atoms with Gasteiger partial charge in [-0.1, -0.05) is 62.4 Å². The number of aromatic hydroxyl groups is 1. The molecular formula is C20H20N2O2. The van der Waals surface area contributed by atoms with Gasteiger partial charge in [0.25, 0.3) is 0 Å². The maximum atomic E-state index is 12.3. The van der Waals surface area contributed by atoms with Crippen LogP contribution < -0.4 is 5.32 Å². The zero-order valence-corrected chi connectivity index (χ0v) is 13.7. The van der Waals surface area contributed by atoms with E-state index in [4.69, 9.17) is 0 Å². The number of hydrogen-bond donors (Lipinski definition) is 2. The molecule has 0 saturated heterocycles. The van der Waals surface area contributed by atoms with Crippen LogP contribution in [0.1, 0.15) is 31.0 Å². The molecule has 2 aromatic carbocycles. The van der Waals surface area contributed by atoms with E-state index >= 15 is 0 Å². The zero-order valence-electron chi connectivity index (χ0n) is 13.7. The predicted octanol–water partition coefficient (Wildman–Crippen LogP) is 3.80. The monoisotopic (exact) mass is 320 g/mol. The van der Waals surface area contributed by atoms with E-state index in [0.29, 0.717) is 11.1 Å². The number of carbonyl (C=O) groups excluding carboxylic acids is 1. The number of nitrogens with zero attached hydrogens (tertiary/aromatic N) is 1. The molecule has 1 aromatic heterocycles. The lowest BCUT2D eigenvalue weighted by molar-refractivity contribution is -0.124. The van der Waals surface area contributed by atoms with Gasteiger partial charge >= 0.3 is 0 Å². The Balaban J connectivity index is 2.12. The third-order valence-electron chi connectivity index (χ3n) is 4.03. The summed E-state index contributed by atoms with van der Waals surface area (Å²) in [7, 11) is 0. The highest BCUT2D eigenvalue weighted by Crippen LogP contribution is 2.34. The third kappa shape index (κ3) is 3.08. The highest BCUT2D eigenvalue weighted by Gasteiger charge is 2.22. The van der Waals surface area contributed by atoms with Gasteiger partial charge in [0, 0.05) is 23.1 Å². The minimum absolute atomic E-state index is 0.0654. The first kappa shape index (κ1) is 16.0. The number of carbonyl (C=O) groups is 1. The van der Waals surface area contributed by atoms with Gasteiger partial charge in [-0.25, -0.2) is 0 Å². The zero-order chi connectivity index (χ0) is 17.1. The van der Waals surface area contributed by atoms with Crippen LogP contribution in [0.15, 0.2) is 60.8 Å². The Labute approximate surface area is 141 Å². The molecule has 1 amide bonds. The molecule has 0 fully saturated rings. The lowest BCUT2D eigenvalue weighted by atomic mass is 9.95. The molecule has 24 heavy (non-hydrogen) atoms. The molecule has 0 aliphatic rings. The molecule has 122 valence electrons. The van der Waals surface area contributed by atoms with Gasteiger partial charge in [0.2, 0.25) is 5.91 Å². The van der Waals surface area contributed by atoms with Crippen LogP contribution in [0.25, 0.3) is 10.9 Å². The molecule has 0 bridgehead atoms. The summed E-state index contributed by atoms with van der Waals surface area (Å²) < 4.78 is 0. The lowest BCUT2D eigenvalue weighted by Gasteiger charge is -2.22. The van der Waals surface area contributed by atoms with Crippen LogP contribution in [0, 0.1) is 5.92 Å². The molecule has 1 atom stereocenters. The molecule has 4 heteroatoms. The standard InChI is InChI=1S/C20H20N2O2/c1-13(2)20(24)22-17(14-7-4-3-5-8-14)16-11-10-15-9-6-12-21-18(15)19(16)23/h3-13,17,23H,1-2H3,(H,22,24)/t17-/m0/s1. The van der Waals surface area contributed by atoms with Crippen LogP contribution in [0.3, 0.4) is 0 Å². The number of aromatic nitrogens is 1. The van der Waals surface area contributed by atoms with Gasteiger partial charge in [0.1, 0.15) is 11.3 Å². The van der Waals surface area contributed by atoms with E-state index in [1.807, 2.05) is 68.4 Å². The first-order chi connectivity index (χ1) is 11.6. The maximum absolute atomic E-state index is 12.3. The Morgan fingerprint density at radius 1 is 1.04 bits per heavy atom. The first-order valence-electron chi connectivity index (χ1n) is 8.00. The fourth-order valence-corrected chi connectivity index (χ4v) is 2.67. The molecule has 2 N–H and O–H groups in total. The molecule has 0 unspecified atom stereocenters. The number of phenols is 1. The van der Waals surface area contributed by atoms with Gasteiger partial charge in [-0.2, -0.15) is 0 Å². The average molecular weight is 320 g/mol. The van der Waals surface area contributed by atoms with Crippen molar-refractivity contribution in [2.45, 2.75) is 19.9 Å². The summed E-state index contributed by atoms with van der Waals surface area (Å²) >= 11 is 0. The smallest absolute Gasteiger partial charge is 0.223 e. The van der Waals surface area contributed by atoms with Crippen molar-refractivity contribution >= 4 is 16.8 Å². The van der Waals surface area contributed by atoms with Crippen molar-refractivity contribution in [3.8, 4) is 5.75 Å². The van der Waals surface area contributed by atoms with E-state index in [9.17, 15) is 9.90 Å². The molecule has 0 aliphatic carbocycles. The molecule has 0 aliphatic heterocycles. The lowest BCUT2D eigenvalue weighted by Crippen LogP contribution is -2.32. The predicted molar refractivity (Wildman–Crippen MR) is 94.7 cm³/mol. The van der Waals surface area contributed by atoms with E-state index in [1.54, 1.807) is 6.20 Å². The fraction of sp³-hybridized carbons (Fsp3) is 0.200. The highest BCUT2D eigenvalue weighted by atomic mass is 16.3. The topological polar surface area (TPSA) is 62.2 Å². The van der Waals surface area contributed by atoms with Crippen molar-refractivity contribution in [3.63, 3.8) is 0 Å². The minimum Gasteiger partial charge on any atom is -0.505 e. The number of rotatable bonds is 4. The SMILES string of the molecule is CC(C)C(=O)N[C@@H](c1ccccc1)c1ccc2cccnc2c1O. The Bertz CT molecular complexity index is 860. The summed E-state index contributed by atoms with van der Waals surface area (Å²) in [6, 6.07) is 16.7. The van der Waals surface area contributed by atoms with Gasteiger partial charge in [-0.3, -0.25) is 9.78 Å². The molecule has 1 heterocycles. The summed E-state index contributed by atoms with van der Waals surface area (Å²) in [5, 5.41) is 14.6. The van der Waals surface area contributed by atoms with Gasteiger partial charge in [-0.15, -0.1) is 0 Å². The summed E-state index contributed by atoms with van der Waals surface area (Å²) in [6.45, 7) is 3.69.